The van der Waals surface area contributed by atoms with E-state index in [9.17, 15) is 0 Å². The first-order valence-corrected chi connectivity index (χ1v) is 6.51. The zero-order valence-corrected chi connectivity index (χ0v) is 12.9. The SMILES string of the molecule is COc1ccc(C(N)(CN(C)C)C(C)C)cc1OC. The Morgan fingerprint density at radius 1 is 1.16 bits per heavy atom. The van der Waals surface area contributed by atoms with Gasteiger partial charge in [-0.25, -0.2) is 0 Å². The Balaban J connectivity index is 3.23. The van der Waals surface area contributed by atoms with Crippen molar-refractivity contribution in [3.8, 4) is 11.5 Å². The van der Waals surface area contributed by atoms with Gasteiger partial charge in [-0.2, -0.15) is 0 Å². The Hall–Kier alpha value is -1.26. The number of nitrogens with zero attached hydrogens (tertiary/aromatic N) is 1. The lowest BCUT2D eigenvalue weighted by Gasteiger charge is -2.37. The van der Waals surface area contributed by atoms with Crippen molar-refractivity contribution < 1.29 is 9.47 Å². The molecule has 0 bridgehead atoms. The van der Waals surface area contributed by atoms with Gasteiger partial charge in [0.1, 0.15) is 0 Å². The molecule has 0 aromatic heterocycles. The van der Waals surface area contributed by atoms with Crippen molar-refractivity contribution in [2.45, 2.75) is 19.4 Å². The van der Waals surface area contributed by atoms with E-state index in [1.165, 1.54) is 0 Å². The summed E-state index contributed by atoms with van der Waals surface area (Å²) < 4.78 is 10.6. The van der Waals surface area contributed by atoms with Crippen molar-refractivity contribution in [2.75, 3.05) is 34.9 Å². The predicted molar refractivity (Wildman–Crippen MR) is 78.8 cm³/mol. The van der Waals surface area contributed by atoms with E-state index < -0.39 is 5.54 Å². The third-order valence-corrected chi connectivity index (χ3v) is 3.53. The summed E-state index contributed by atoms with van der Waals surface area (Å²) in [5, 5.41) is 0. The summed E-state index contributed by atoms with van der Waals surface area (Å²) in [5.41, 5.74) is 7.29. The molecule has 108 valence electrons. The topological polar surface area (TPSA) is 47.7 Å². The molecule has 0 saturated carbocycles. The van der Waals surface area contributed by atoms with Crippen LogP contribution in [0.2, 0.25) is 0 Å². The lowest BCUT2D eigenvalue weighted by molar-refractivity contribution is 0.223. The first-order valence-electron chi connectivity index (χ1n) is 6.51. The minimum atomic E-state index is -0.414. The van der Waals surface area contributed by atoms with Crippen LogP contribution in [-0.4, -0.2) is 39.8 Å². The van der Waals surface area contributed by atoms with Gasteiger partial charge in [0.2, 0.25) is 0 Å². The van der Waals surface area contributed by atoms with Crippen molar-refractivity contribution in [3.05, 3.63) is 23.8 Å². The van der Waals surface area contributed by atoms with E-state index in [-0.39, 0.29) is 0 Å². The smallest absolute Gasteiger partial charge is 0.161 e. The van der Waals surface area contributed by atoms with Crippen molar-refractivity contribution in [2.24, 2.45) is 11.7 Å². The van der Waals surface area contributed by atoms with Crippen molar-refractivity contribution in [1.29, 1.82) is 0 Å². The summed E-state index contributed by atoms with van der Waals surface area (Å²) in [6, 6.07) is 5.90. The van der Waals surface area contributed by atoms with Crippen molar-refractivity contribution in [3.63, 3.8) is 0 Å². The maximum Gasteiger partial charge on any atom is 0.161 e. The Labute approximate surface area is 116 Å². The number of nitrogens with two attached hydrogens (primary N) is 1. The molecule has 1 aromatic carbocycles. The number of benzene rings is 1. The van der Waals surface area contributed by atoms with Gasteiger partial charge in [-0.15, -0.1) is 0 Å². The summed E-state index contributed by atoms with van der Waals surface area (Å²) in [6.07, 6.45) is 0. The second-order valence-corrected chi connectivity index (χ2v) is 5.50. The summed E-state index contributed by atoms with van der Waals surface area (Å²) in [6.45, 7) is 5.06. The highest BCUT2D eigenvalue weighted by Crippen LogP contribution is 2.34. The highest BCUT2D eigenvalue weighted by atomic mass is 16.5. The van der Waals surface area contributed by atoms with Gasteiger partial charge in [0.25, 0.3) is 0 Å². The Kier molecular flexibility index (Phi) is 5.20. The van der Waals surface area contributed by atoms with Crippen LogP contribution >= 0.6 is 0 Å². The Bertz CT molecular complexity index is 419. The second kappa shape index (κ2) is 6.26. The van der Waals surface area contributed by atoms with Crippen LogP contribution in [0.1, 0.15) is 19.4 Å². The van der Waals surface area contributed by atoms with E-state index in [0.717, 1.165) is 17.9 Å². The highest BCUT2D eigenvalue weighted by molar-refractivity contribution is 5.45. The van der Waals surface area contributed by atoms with E-state index in [1.54, 1.807) is 14.2 Å². The minimum absolute atomic E-state index is 0.313. The lowest BCUT2D eigenvalue weighted by atomic mass is 9.80. The number of ether oxygens (including phenoxy) is 2. The molecule has 1 rings (SSSR count). The van der Waals surface area contributed by atoms with Crippen molar-refractivity contribution in [1.82, 2.24) is 4.90 Å². The van der Waals surface area contributed by atoms with Gasteiger partial charge >= 0.3 is 0 Å². The third kappa shape index (κ3) is 3.39. The normalized spacial score (nSPS) is 14.6. The van der Waals surface area contributed by atoms with Gasteiger partial charge in [0.15, 0.2) is 11.5 Å². The molecule has 0 fully saturated rings. The number of hydrogen-bond donors (Lipinski definition) is 1. The van der Waals surface area contributed by atoms with Crippen molar-refractivity contribution >= 4 is 0 Å². The molecule has 0 heterocycles. The fourth-order valence-corrected chi connectivity index (χ4v) is 2.26. The van der Waals surface area contributed by atoms with E-state index >= 15 is 0 Å². The Morgan fingerprint density at radius 2 is 1.74 bits per heavy atom. The van der Waals surface area contributed by atoms with Gasteiger partial charge < -0.3 is 20.1 Å². The molecule has 0 aliphatic rings. The summed E-state index contributed by atoms with van der Waals surface area (Å²) >= 11 is 0. The monoisotopic (exact) mass is 266 g/mol. The standard InChI is InChI=1S/C15H26N2O2/c1-11(2)15(16,10-17(3)4)12-7-8-13(18-5)14(9-12)19-6/h7-9,11H,10,16H2,1-6H3. The molecule has 0 aliphatic carbocycles. The van der Waals surface area contributed by atoms with Gasteiger partial charge in [0, 0.05) is 6.54 Å². The minimum Gasteiger partial charge on any atom is -0.493 e. The first-order chi connectivity index (χ1) is 8.85. The number of methoxy groups -OCH3 is 2. The van der Waals surface area contributed by atoms with E-state index in [4.69, 9.17) is 15.2 Å². The number of hydrogen-bond acceptors (Lipinski definition) is 4. The highest BCUT2D eigenvalue weighted by Gasteiger charge is 2.32. The summed E-state index contributed by atoms with van der Waals surface area (Å²) in [4.78, 5) is 2.11. The van der Waals surface area contributed by atoms with Gasteiger partial charge in [-0.05, 0) is 37.7 Å². The molecule has 1 unspecified atom stereocenters. The zero-order chi connectivity index (χ0) is 14.6. The maximum atomic E-state index is 6.64. The molecule has 0 spiro atoms. The quantitative estimate of drug-likeness (QED) is 0.856. The van der Waals surface area contributed by atoms with Crippen LogP contribution in [0.3, 0.4) is 0 Å². The predicted octanol–water partition coefficient (Wildman–Crippen LogP) is 2.08. The molecule has 0 amide bonds. The maximum absolute atomic E-state index is 6.64. The first kappa shape index (κ1) is 15.8. The zero-order valence-electron chi connectivity index (χ0n) is 12.9. The van der Waals surface area contributed by atoms with E-state index in [1.807, 2.05) is 32.3 Å². The molecule has 0 saturated heterocycles. The van der Waals surface area contributed by atoms with Crippen LogP contribution in [0.15, 0.2) is 18.2 Å². The molecule has 2 N–H and O–H groups in total. The average Bonchev–Trinajstić information content (AvgIpc) is 2.36. The van der Waals surface area contributed by atoms with Gasteiger partial charge in [0.05, 0.1) is 19.8 Å². The molecule has 1 aromatic rings. The molecule has 0 aliphatic heterocycles. The molecule has 4 nitrogen and oxygen atoms in total. The third-order valence-electron chi connectivity index (χ3n) is 3.53. The van der Waals surface area contributed by atoms with Crippen LogP contribution in [-0.2, 0) is 5.54 Å². The van der Waals surface area contributed by atoms with Crippen LogP contribution in [0.5, 0.6) is 11.5 Å². The molecule has 4 heteroatoms. The van der Waals surface area contributed by atoms with E-state index in [2.05, 4.69) is 18.7 Å². The molecular weight excluding hydrogens is 240 g/mol. The van der Waals surface area contributed by atoms with E-state index in [0.29, 0.717) is 11.7 Å². The summed E-state index contributed by atoms with van der Waals surface area (Å²) in [7, 11) is 7.34. The van der Waals surface area contributed by atoms with Gasteiger partial charge in [-0.3, -0.25) is 0 Å². The fraction of sp³-hybridized carbons (Fsp3) is 0.600. The molecule has 0 radical (unpaired) electrons. The van der Waals surface area contributed by atoms with Crippen LogP contribution < -0.4 is 15.2 Å². The lowest BCUT2D eigenvalue weighted by Crippen LogP contribution is -2.49. The second-order valence-electron chi connectivity index (χ2n) is 5.50. The number of rotatable bonds is 6. The van der Waals surface area contributed by atoms with Crippen LogP contribution in [0.25, 0.3) is 0 Å². The van der Waals surface area contributed by atoms with Gasteiger partial charge in [-0.1, -0.05) is 19.9 Å². The van der Waals surface area contributed by atoms with Crippen LogP contribution in [0, 0.1) is 5.92 Å². The fourth-order valence-electron chi connectivity index (χ4n) is 2.26. The summed E-state index contributed by atoms with van der Waals surface area (Å²) in [5.74, 6) is 1.75. The average molecular weight is 266 g/mol. The number of likely N-dealkylation sites (N-methyl/N-ethyl adjacent to an activating group) is 1. The largest absolute Gasteiger partial charge is 0.493 e. The molecule has 19 heavy (non-hydrogen) atoms. The molecular formula is C15H26N2O2. The molecule has 1 atom stereocenters. The van der Waals surface area contributed by atoms with Crippen LogP contribution in [0.4, 0.5) is 0 Å². The Morgan fingerprint density at radius 3 is 2.16 bits per heavy atom.